The van der Waals surface area contributed by atoms with E-state index >= 15 is 0 Å². The van der Waals surface area contributed by atoms with Gasteiger partial charge in [0.1, 0.15) is 18.1 Å². The number of benzene rings is 2. The van der Waals surface area contributed by atoms with Gasteiger partial charge < -0.3 is 14.4 Å². The number of likely N-dealkylation sites (tertiary alicyclic amines) is 1. The average molecular weight is 325 g/mol. The van der Waals surface area contributed by atoms with Crippen molar-refractivity contribution < 1.29 is 14.3 Å². The van der Waals surface area contributed by atoms with Crippen LogP contribution in [0, 0.1) is 0 Å². The maximum Gasteiger partial charge on any atom is 0.253 e. The van der Waals surface area contributed by atoms with Crippen LogP contribution in [0.25, 0.3) is 0 Å². The Morgan fingerprint density at radius 3 is 2.50 bits per heavy atom. The van der Waals surface area contributed by atoms with E-state index in [1.54, 1.807) is 0 Å². The Hall–Kier alpha value is -2.49. The van der Waals surface area contributed by atoms with Gasteiger partial charge in [-0.15, -0.1) is 0 Å². The van der Waals surface area contributed by atoms with Crippen molar-refractivity contribution in [3.05, 3.63) is 59.7 Å². The van der Waals surface area contributed by atoms with Gasteiger partial charge in [0.25, 0.3) is 5.91 Å². The fraction of sp³-hybridized carbons (Fsp3) is 0.350. The fourth-order valence-electron chi connectivity index (χ4n) is 2.90. The zero-order chi connectivity index (χ0) is 16.8. The predicted octanol–water partition coefficient (Wildman–Crippen LogP) is 3.90. The Labute approximate surface area is 143 Å². The lowest BCUT2D eigenvalue weighted by Gasteiger charge is -2.17. The third kappa shape index (κ3) is 3.88. The SMILES string of the molecule is CCOc1ccc(C(=O)N2CCCC2)cc1COc1ccccc1. The molecule has 0 bridgehead atoms. The molecule has 4 heteroatoms. The van der Waals surface area contributed by atoms with E-state index in [1.165, 1.54) is 0 Å². The van der Waals surface area contributed by atoms with Gasteiger partial charge in [-0.2, -0.15) is 0 Å². The van der Waals surface area contributed by atoms with Crippen molar-refractivity contribution in [3.63, 3.8) is 0 Å². The highest BCUT2D eigenvalue weighted by Crippen LogP contribution is 2.24. The van der Waals surface area contributed by atoms with Crippen LogP contribution in [-0.4, -0.2) is 30.5 Å². The van der Waals surface area contributed by atoms with Crippen molar-refractivity contribution in [1.82, 2.24) is 4.90 Å². The summed E-state index contributed by atoms with van der Waals surface area (Å²) in [5, 5.41) is 0. The van der Waals surface area contributed by atoms with Crippen LogP contribution >= 0.6 is 0 Å². The number of carbonyl (C=O) groups is 1. The van der Waals surface area contributed by atoms with Gasteiger partial charge in [-0.1, -0.05) is 18.2 Å². The van der Waals surface area contributed by atoms with E-state index in [4.69, 9.17) is 9.47 Å². The first-order valence-corrected chi connectivity index (χ1v) is 8.51. The first-order chi connectivity index (χ1) is 11.8. The highest BCUT2D eigenvalue weighted by atomic mass is 16.5. The molecular formula is C20H23NO3. The van der Waals surface area contributed by atoms with Gasteiger partial charge in [-0.05, 0) is 50.1 Å². The summed E-state index contributed by atoms with van der Waals surface area (Å²) in [6.45, 7) is 4.60. The molecule has 2 aromatic carbocycles. The third-order valence-corrected chi connectivity index (χ3v) is 4.14. The molecular weight excluding hydrogens is 302 g/mol. The van der Waals surface area contributed by atoms with Crippen LogP contribution in [0.4, 0.5) is 0 Å². The van der Waals surface area contributed by atoms with Gasteiger partial charge in [-0.25, -0.2) is 0 Å². The Morgan fingerprint density at radius 2 is 1.79 bits per heavy atom. The van der Waals surface area contributed by atoms with Crippen LogP contribution in [0.2, 0.25) is 0 Å². The molecule has 24 heavy (non-hydrogen) atoms. The van der Waals surface area contributed by atoms with Gasteiger partial charge in [-0.3, -0.25) is 4.79 Å². The van der Waals surface area contributed by atoms with Gasteiger partial charge in [0.2, 0.25) is 0 Å². The maximum atomic E-state index is 12.6. The topological polar surface area (TPSA) is 38.8 Å². The Kier molecular flexibility index (Phi) is 5.36. The quantitative estimate of drug-likeness (QED) is 0.808. The molecule has 0 N–H and O–H groups in total. The highest BCUT2D eigenvalue weighted by molar-refractivity contribution is 5.94. The van der Waals surface area contributed by atoms with Gasteiger partial charge in [0, 0.05) is 24.2 Å². The zero-order valence-electron chi connectivity index (χ0n) is 14.0. The molecule has 4 nitrogen and oxygen atoms in total. The van der Waals surface area contributed by atoms with Crippen LogP contribution < -0.4 is 9.47 Å². The molecule has 1 aliphatic rings. The van der Waals surface area contributed by atoms with E-state index in [9.17, 15) is 4.79 Å². The lowest BCUT2D eigenvalue weighted by atomic mass is 10.1. The first kappa shape index (κ1) is 16.4. The molecule has 0 atom stereocenters. The number of carbonyl (C=O) groups excluding carboxylic acids is 1. The molecule has 1 fully saturated rings. The van der Waals surface area contributed by atoms with E-state index in [0.29, 0.717) is 18.8 Å². The second kappa shape index (κ2) is 7.86. The smallest absolute Gasteiger partial charge is 0.253 e. The second-order valence-corrected chi connectivity index (χ2v) is 5.86. The standard InChI is InChI=1S/C20H23NO3/c1-2-23-19-11-10-16(20(22)21-12-6-7-13-21)14-17(19)15-24-18-8-4-3-5-9-18/h3-5,8-11,14H,2,6-7,12-13,15H2,1H3. The number of nitrogens with zero attached hydrogens (tertiary/aromatic N) is 1. The molecule has 0 aromatic heterocycles. The summed E-state index contributed by atoms with van der Waals surface area (Å²) in [7, 11) is 0. The summed E-state index contributed by atoms with van der Waals surface area (Å²) in [6.07, 6.45) is 2.18. The Balaban J connectivity index is 1.78. The van der Waals surface area contributed by atoms with Crippen molar-refractivity contribution in [1.29, 1.82) is 0 Å². The largest absolute Gasteiger partial charge is 0.493 e. The summed E-state index contributed by atoms with van der Waals surface area (Å²) < 4.78 is 11.5. The molecule has 1 heterocycles. The van der Waals surface area contributed by atoms with E-state index in [2.05, 4.69) is 0 Å². The van der Waals surface area contributed by atoms with E-state index in [1.807, 2.05) is 60.4 Å². The predicted molar refractivity (Wildman–Crippen MR) is 93.5 cm³/mol. The summed E-state index contributed by atoms with van der Waals surface area (Å²) in [4.78, 5) is 14.5. The molecule has 1 aliphatic heterocycles. The first-order valence-electron chi connectivity index (χ1n) is 8.51. The van der Waals surface area contributed by atoms with Crippen LogP contribution in [0.5, 0.6) is 11.5 Å². The number of hydrogen-bond acceptors (Lipinski definition) is 3. The third-order valence-electron chi connectivity index (χ3n) is 4.14. The summed E-state index contributed by atoms with van der Waals surface area (Å²) in [5.74, 6) is 1.67. The monoisotopic (exact) mass is 325 g/mol. The van der Waals surface area contributed by atoms with Crippen molar-refractivity contribution in [2.24, 2.45) is 0 Å². The van der Waals surface area contributed by atoms with Crippen LogP contribution in [0.3, 0.4) is 0 Å². The molecule has 3 rings (SSSR count). The highest BCUT2D eigenvalue weighted by Gasteiger charge is 2.20. The summed E-state index contributed by atoms with van der Waals surface area (Å²) in [6, 6.07) is 15.3. The fourth-order valence-corrected chi connectivity index (χ4v) is 2.90. The molecule has 1 saturated heterocycles. The number of ether oxygens (including phenoxy) is 2. The Morgan fingerprint density at radius 1 is 1.04 bits per heavy atom. The lowest BCUT2D eigenvalue weighted by molar-refractivity contribution is 0.0792. The van der Waals surface area contributed by atoms with Crippen molar-refractivity contribution in [2.75, 3.05) is 19.7 Å². The second-order valence-electron chi connectivity index (χ2n) is 5.86. The Bertz CT molecular complexity index is 679. The molecule has 126 valence electrons. The van der Waals surface area contributed by atoms with Crippen LogP contribution in [-0.2, 0) is 6.61 Å². The van der Waals surface area contributed by atoms with E-state index in [0.717, 1.165) is 43.0 Å². The molecule has 1 amide bonds. The van der Waals surface area contributed by atoms with Crippen molar-refractivity contribution >= 4 is 5.91 Å². The molecule has 2 aromatic rings. The number of para-hydroxylation sites is 1. The minimum atomic E-state index is 0.0940. The van der Waals surface area contributed by atoms with Crippen molar-refractivity contribution in [2.45, 2.75) is 26.4 Å². The van der Waals surface area contributed by atoms with Crippen LogP contribution in [0.1, 0.15) is 35.7 Å². The van der Waals surface area contributed by atoms with E-state index < -0.39 is 0 Å². The number of rotatable bonds is 6. The molecule has 0 radical (unpaired) electrons. The minimum absolute atomic E-state index is 0.0940. The van der Waals surface area contributed by atoms with E-state index in [-0.39, 0.29) is 5.91 Å². The molecule has 0 saturated carbocycles. The summed E-state index contributed by atoms with van der Waals surface area (Å²) in [5.41, 5.74) is 1.60. The summed E-state index contributed by atoms with van der Waals surface area (Å²) >= 11 is 0. The number of hydrogen-bond donors (Lipinski definition) is 0. The molecule has 0 aliphatic carbocycles. The minimum Gasteiger partial charge on any atom is -0.493 e. The van der Waals surface area contributed by atoms with Gasteiger partial charge >= 0.3 is 0 Å². The van der Waals surface area contributed by atoms with Gasteiger partial charge in [0.05, 0.1) is 6.61 Å². The zero-order valence-corrected chi connectivity index (χ0v) is 14.0. The van der Waals surface area contributed by atoms with Crippen LogP contribution in [0.15, 0.2) is 48.5 Å². The normalized spacial score (nSPS) is 13.8. The number of amides is 1. The molecule has 0 unspecified atom stereocenters. The average Bonchev–Trinajstić information content (AvgIpc) is 3.16. The maximum absolute atomic E-state index is 12.6. The van der Waals surface area contributed by atoms with Crippen molar-refractivity contribution in [3.8, 4) is 11.5 Å². The lowest BCUT2D eigenvalue weighted by Crippen LogP contribution is -2.27. The molecule has 0 spiro atoms. The van der Waals surface area contributed by atoms with Gasteiger partial charge in [0.15, 0.2) is 0 Å².